The molecule has 16 heavy (non-hydrogen) atoms. The van der Waals surface area contributed by atoms with Crippen LogP contribution in [0, 0.1) is 10.1 Å². The third-order valence-corrected chi connectivity index (χ3v) is 2.64. The highest BCUT2D eigenvalue weighted by Gasteiger charge is 2.16. The summed E-state index contributed by atoms with van der Waals surface area (Å²) in [5.41, 5.74) is -0.159. The maximum Gasteiger partial charge on any atom is 0.331 e. The zero-order valence-electron chi connectivity index (χ0n) is 8.68. The molecule has 0 atom stereocenters. The molecule has 0 bridgehead atoms. The molecule has 0 saturated carbocycles. The second-order valence-corrected chi connectivity index (χ2v) is 4.28. The van der Waals surface area contributed by atoms with Gasteiger partial charge in [-0.15, -0.1) is 0 Å². The second kappa shape index (κ2) is 6.55. The fraction of sp³-hybridized carbons (Fsp3) is 0.444. The number of aromatic nitrogens is 1. The summed E-state index contributed by atoms with van der Waals surface area (Å²) in [5, 5.41) is 10.8. The first kappa shape index (κ1) is 13.1. The molecular formula is C9H11ClN2O3S. The first-order valence-electron chi connectivity index (χ1n) is 4.58. The van der Waals surface area contributed by atoms with Gasteiger partial charge in [0, 0.05) is 6.07 Å². The number of ether oxygens (including phenoxy) is 1. The van der Waals surface area contributed by atoms with Gasteiger partial charge in [0.2, 0.25) is 0 Å². The van der Waals surface area contributed by atoms with Gasteiger partial charge in [0.25, 0.3) is 5.88 Å². The van der Waals surface area contributed by atoms with Crippen molar-refractivity contribution in [3.8, 4) is 5.88 Å². The fourth-order valence-electron chi connectivity index (χ4n) is 1.03. The minimum absolute atomic E-state index is 0.0152. The number of halogens is 1. The van der Waals surface area contributed by atoms with E-state index in [0.717, 1.165) is 12.2 Å². The van der Waals surface area contributed by atoms with Gasteiger partial charge in [-0.1, -0.05) is 11.6 Å². The Morgan fingerprint density at radius 2 is 2.38 bits per heavy atom. The molecule has 0 amide bonds. The van der Waals surface area contributed by atoms with Crippen molar-refractivity contribution < 1.29 is 9.66 Å². The van der Waals surface area contributed by atoms with E-state index in [1.807, 2.05) is 6.26 Å². The lowest BCUT2D eigenvalue weighted by atomic mass is 10.4. The van der Waals surface area contributed by atoms with Crippen molar-refractivity contribution in [3.63, 3.8) is 0 Å². The molecule has 0 N–H and O–H groups in total. The van der Waals surface area contributed by atoms with Crippen LogP contribution in [-0.4, -0.2) is 28.5 Å². The van der Waals surface area contributed by atoms with E-state index in [1.54, 1.807) is 11.8 Å². The van der Waals surface area contributed by atoms with Crippen molar-refractivity contribution in [1.82, 2.24) is 4.98 Å². The van der Waals surface area contributed by atoms with Crippen LogP contribution in [0.4, 0.5) is 5.69 Å². The van der Waals surface area contributed by atoms with Crippen LogP contribution in [-0.2, 0) is 0 Å². The monoisotopic (exact) mass is 262 g/mol. The minimum Gasteiger partial charge on any atom is -0.473 e. The number of thioether (sulfide) groups is 1. The molecular weight excluding hydrogens is 252 g/mol. The van der Waals surface area contributed by atoms with Crippen molar-refractivity contribution in [3.05, 3.63) is 27.4 Å². The molecule has 1 aromatic rings. The van der Waals surface area contributed by atoms with Crippen LogP contribution >= 0.6 is 23.4 Å². The number of hydrogen-bond donors (Lipinski definition) is 0. The summed E-state index contributed by atoms with van der Waals surface area (Å²) in [6, 6.07) is 2.66. The predicted octanol–water partition coefficient (Wildman–Crippen LogP) is 2.78. The van der Waals surface area contributed by atoms with E-state index in [0.29, 0.717) is 6.61 Å². The summed E-state index contributed by atoms with van der Waals surface area (Å²) in [5.74, 6) is 0.924. The van der Waals surface area contributed by atoms with Gasteiger partial charge in [-0.2, -0.15) is 16.7 Å². The molecule has 5 nitrogen and oxygen atoms in total. The Hall–Kier alpha value is -1.01. The summed E-state index contributed by atoms with van der Waals surface area (Å²) in [4.78, 5) is 13.9. The van der Waals surface area contributed by atoms with Crippen molar-refractivity contribution in [2.45, 2.75) is 6.42 Å². The fourth-order valence-corrected chi connectivity index (χ4v) is 1.57. The van der Waals surface area contributed by atoms with Gasteiger partial charge < -0.3 is 4.74 Å². The number of nitrogens with zero attached hydrogens (tertiary/aromatic N) is 2. The average molecular weight is 263 g/mol. The molecule has 1 rings (SSSR count). The number of hydrogen-bond acceptors (Lipinski definition) is 5. The van der Waals surface area contributed by atoms with Gasteiger partial charge in [-0.3, -0.25) is 10.1 Å². The molecule has 0 unspecified atom stereocenters. The van der Waals surface area contributed by atoms with Crippen LogP contribution in [0.5, 0.6) is 5.88 Å². The SMILES string of the molecule is CSCCCOc1nc(Cl)ccc1[N+](=O)[O-]. The highest BCUT2D eigenvalue weighted by molar-refractivity contribution is 7.98. The van der Waals surface area contributed by atoms with Crippen LogP contribution in [0.3, 0.4) is 0 Å². The highest BCUT2D eigenvalue weighted by Crippen LogP contribution is 2.26. The minimum atomic E-state index is -0.534. The van der Waals surface area contributed by atoms with Crippen molar-refractivity contribution in [2.24, 2.45) is 0 Å². The summed E-state index contributed by atoms with van der Waals surface area (Å²) in [6.45, 7) is 0.398. The van der Waals surface area contributed by atoms with E-state index < -0.39 is 4.92 Å². The van der Waals surface area contributed by atoms with E-state index in [2.05, 4.69) is 4.98 Å². The average Bonchev–Trinajstić information content (AvgIpc) is 2.24. The topological polar surface area (TPSA) is 65.3 Å². The summed E-state index contributed by atoms with van der Waals surface area (Å²) in [6.07, 6.45) is 2.80. The van der Waals surface area contributed by atoms with Crippen LogP contribution < -0.4 is 4.74 Å². The molecule has 0 aromatic carbocycles. The van der Waals surface area contributed by atoms with Gasteiger partial charge in [0.15, 0.2) is 0 Å². The van der Waals surface area contributed by atoms with Gasteiger partial charge in [0.05, 0.1) is 11.5 Å². The maximum absolute atomic E-state index is 10.7. The maximum atomic E-state index is 10.7. The quantitative estimate of drug-likeness (QED) is 0.341. The number of rotatable bonds is 6. The van der Waals surface area contributed by atoms with Crippen LogP contribution in [0.1, 0.15) is 6.42 Å². The molecule has 0 spiro atoms. The first-order chi connectivity index (χ1) is 7.65. The standard InChI is InChI=1S/C9H11ClN2O3S/c1-16-6-2-5-15-9-7(12(13)14)3-4-8(10)11-9/h3-4H,2,5-6H2,1H3. The van der Waals surface area contributed by atoms with E-state index >= 15 is 0 Å². The number of pyridine rings is 1. The Kier molecular flexibility index (Phi) is 5.34. The molecule has 0 aliphatic carbocycles. The Morgan fingerprint density at radius 1 is 1.62 bits per heavy atom. The van der Waals surface area contributed by atoms with Crippen LogP contribution in [0.15, 0.2) is 12.1 Å². The molecule has 0 aliphatic rings. The zero-order valence-corrected chi connectivity index (χ0v) is 10.3. The Morgan fingerprint density at radius 3 is 3.00 bits per heavy atom. The van der Waals surface area contributed by atoms with Crippen molar-refractivity contribution in [2.75, 3.05) is 18.6 Å². The Labute approximate surface area is 102 Å². The molecule has 0 saturated heterocycles. The molecule has 88 valence electrons. The molecule has 0 aliphatic heterocycles. The smallest absolute Gasteiger partial charge is 0.331 e. The van der Waals surface area contributed by atoms with E-state index in [4.69, 9.17) is 16.3 Å². The summed E-state index contributed by atoms with van der Waals surface area (Å²) >= 11 is 7.33. The summed E-state index contributed by atoms with van der Waals surface area (Å²) < 4.78 is 5.23. The van der Waals surface area contributed by atoms with Gasteiger partial charge in [-0.05, 0) is 24.5 Å². The molecule has 0 radical (unpaired) electrons. The second-order valence-electron chi connectivity index (χ2n) is 2.91. The third kappa shape index (κ3) is 3.86. The van der Waals surface area contributed by atoms with Gasteiger partial charge in [0.1, 0.15) is 5.15 Å². The third-order valence-electron chi connectivity index (χ3n) is 1.73. The summed E-state index contributed by atoms with van der Waals surface area (Å²) in [7, 11) is 0. The van der Waals surface area contributed by atoms with Crippen LogP contribution in [0.25, 0.3) is 0 Å². The van der Waals surface area contributed by atoms with Crippen LogP contribution in [0.2, 0.25) is 5.15 Å². The van der Waals surface area contributed by atoms with Gasteiger partial charge >= 0.3 is 5.69 Å². The molecule has 1 aromatic heterocycles. The number of nitro groups is 1. The van der Waals surface area contributed by atoms with E-state index in [-0.39, 0.29) is 16.7 Å². The van der Waals surface area contributed by atoms with E-state index in [1.165, 1.54) is 12.1 Å². The lowest BCUT2D eigenvalue weighted by molar-refractivity contribution is -0.386. The first-order valence-corrected chi connectivity index (χ1v) is 6.35. The molecule has 1 heterocycles. The lowest BCUT2D eigenvalue weighted by Gasteiger charge is -2.05. The van der Waals surface area contributed by atoms with Crippen molar-refractivity contribution in [1.29, 1.82) is 0 Å². The normalized spacial score (nSPS) is 10.1. The molecule has 0 fully saturated rings. The zero-order chi connectivity index (χ0) is 12.0. The lowest BCUT2D eigenvalue weighted by Crippen LogP contribution is -2.03. The molecule has 7 heteroatoms. The van der Waals surface area contributed by atoms with Gasteiger partial charge in [-0.25, -0.2) is 0 Å². The highest BCUT2D eigenvalue weighted by atomic mass is 35.5. The van der Waals surface area contributed by atoms with Crippen molar-refractivity contribution >= 4 is 29.1 Å². The largest absolute Gasteiger partial charge is 0.473 e. The Bertz CT molecular complexity index is 376. The Balaban J connectivity index is 2.68. The van der Waals surface area contributed by atoms with E-state index in [9.17, 15) is 10.1 Å². The predicted molar refractivity (Wildman–Crippen MR) is 64.4 cm³/mol.